The summed E-state index contributed by atoms with van der Waals surface area (Å²) in [5.74, 6) is 0. The molecule has 1 atom stereocenters. The van der Waals surface area contributed by atoms with Crippen LogP contribution in [0, 0.1) is 0 Å². The van der Waals surface area contributed by atoms with E-state index in [2.05, 4.69) is 29.2 Å². The maximum atomic E-state index is 12.0. The van der Waals surface area contributed by atoms with Gasteiger partial charge in [-0.1, -0.05) is 24.3 Å². The number of methoxy groups -OCH3 is 1. The molecule has 1 unspecified atom stereocenters. The van der Waals surface area contributed by atoms with Crippen LogP contribution in [-0.2, 0) is 22.6 Å². The van der Waals surface area contributed by atoms with Crippen molar-refractivity contribution in [2.45, 2.75) is 52.0 Å². The summed E-state index contributed by atoms with van der Waals surface area (Å²) in [7, 11) is 3.54. The van der Waals surface area contributed by atoms with Gasteiger partial charge >= 0.3 is 6.09 Å². The molecule has 0 bridgehead atoms. The monoisotopic (exact) mass is 334 g/mol. The zero-order valence-corrected chi connectivity index (χ0v) is 15.5. The van der Waals surface area contributed by atoms with Crippen molar-refractivity contribution in [3.63, 3.8) is 0 Å². The predicted molar refractivity (Wildman–Crippen MR) is 94.8 cm³/mol. The van der Waals surface area contributed by atoms with Crippen LogP contribution in [0.5, 0.6) is 0 Å². The van der Waals surface area contributed by atoms with Gasteiger partial charge in [0.2, 0.25) is 0 Å². The minimum atomic E-state index is -0.467. The zero-order chi connectivity index (χ0) is 17.7. The van der Waals surface area contributed by atoms with Crippen LogP contribution >= 0.6 is 0 Å². The molecule has 2 rings (SSSR count). The van der Waals surface area contributed by atoms with E-state index in [1.807, 2.05) is 20.8 Å². The second-order valence-electron chi connectivity index (χ2n) is 7.53. The number of hydrogen-bond acceptors (Lipinski definition) is 4. The minimum Gasteiger partial charge on any atom is -0.444 e. The fourth-order valence-corrected chi connectivity index (χ4v) is 2.82. The summed E-state index contributed by atoms with van der Waals surface area (Å²) in [5.41, 5.74) is 1.92. The highest BCUT2D eigenvalue weighted by atomic mass is 16.6. The van der Waals surface area contributed by atoms with Gasteiger partial charge in [-0.05, 0) is 38.3 Å². The third-order valence-corrected chi connectivity index (χ3v) is 4.12. The van der Waals surface area contributed by atoms with Crippen molar-refractivity contribution in [3.05, 3.63) is 35.4 Å². The summed E-state index contributed by atoms with van der Waals surface area (Å²) >= 11 is 0. The van der Waals surface area contributed by atoms with Crippen molar-refractivity contribution >= 4 is 6.09 Å². The maximum absolute atomic E-state index is 12.0. The first-order chi connectivity index (χ1) is 11.3. The van der Waals surface area contributed by atoms with E-state index in [0.717, 1.165) is 31.6 Å². The third-order valence-electron chi connectivity index (χ3n) is 4.12. The number of likely N-dealkylation sites (tertiary alicyclic amines) is 1. The number of carbonyl (C=O) groups excluding carboxylic acids is 1. The molecule has 134 valence electrons. The molecule has 1 aliphatic rings. The summed E-state index contributed by atoms with van der Waals surface area (Å²) in [5, 5.41) is 0. The van der Waals surface area contributed by atoms with E-state index in [0.29, 0.717) is 12.6 Å². The first-order valence-corrected chi connectivity index (χ1v) is 8.54. The molecule has 0 N–H and O–H groups in total. The Balaban J connectivity index is 1.84. The van der Waals surface area contributed by atoms with Crippen molar-refractivity contribution in [2.75, 3.05) is 27.2 Å². The molecule has 0 spiro atoms. The Morgan fingerprint density at radius 2 is 1.88 bits per heavy atom. The zero-order valence-electron chi connectivity index (χ0n) is 15.5. The molecule has 0 radical (unpaired) electrons. The van der Waals surface area contributed by atoms with E-state index in [4.69, 9.17) is 9.47 Å². The lowest BCUT2D eigenvalue weighted by Gasteiger charge is -2.24. The van der Waals surface area contributed by atoms with Gasteiger partial charge in [0.05, 0.1) is 6.10 Å². The Bertz CT molecular complexity index is 537. The average Bonchev–Trinajstić information content (AvgIpc) is 2.95. The summed E-state index contributed by atoms with van der Waals surface area (Å²) in [4.78, 5) is 16.0. The van der Waals surface area contributed by atoms with Gasteiger partial charge < -0.3 is 14.4 Å². The largest absolute Gasteiger partial charge is 0.444 e. The molecule has 0 aliphatic carbocycles. The molecule has 0 aromatic heterocycles. The first kappa shape index (κ1) is 18.7. The number of nitrogens with zero attached hydrogens (tertiary/aromatic N) is 2. The van der Waals surface area contributed by atoms with Crippen LogP contribution in [-0.4, -0.2) is 54.8 Å². The lowest BCUT2D eigenvalue weighted by Crippen LogP contribution is -2.33. The predicted octanol–water partition coefficient (Wildman–Crippen LogP) is 3.27. The molecule has 5 heteroatoms. The summed E-state index contributed by atoms with van der Waals surface area (Å²) in [6, 6.07) is 8.44. The van der Waals surface area contributed by atoms with Crippen LogP contribution in [0.15, 0.2) is 24.3 Å². The lowest BCUT2D eigenvalue weighted by molar-refractivity contribution is 0.0285. The normalized spacial score (nSPS) is 18.6. The Morgan fingerprint density at radius 1 is 1.25 bits per heavy atom. The molecule has 0 saturated carbocycles. The van der Waals surface area contributed by atoms with Gasteiger partial charge in [-0.3, -0.25) is 4.90 Å². The van der Waals surface area contributed by atoms with E-state index < -0.39 is 5.60 Å². The number of ether oxygens (including phenoxy) is 2. The number of carbonyl (C=O) groups is 1. The molecule has 1 saturated heterocycles. The van der Waals surface area contributed by atoms with E-state index in [-0.39, 0.29) is 6.09 Å². The van der Waals surface area contributed by atoms with Crippen molar-refractivity contribution in [3.8, 4) is 0 Å². The molecule has 1 aromatic carbocycles. The van der Waals surface area contributed by atoms with E-state index in [1.165, 1.54) is 5.56 Å². The Labute approximate surface area is 145 Å². The van der Waals surface area contributed by atoms with Crippen LogP contribution in [0.2, 0.25) is 0 Å². The van der Waals surface area contributed by atoms with Crippen molar-refractivity contribution < 1.29 is 14.3 Å². The fraction of sp³-hybridized carbons (Fsp3) is 0.632. The summed E-state index contributed by atoms with van der Waals surface area (Å²) in [6.07, 6.45) is 1.18. The Hall–Kier alpha value is -1.59. The topological polar surface area (TPSA) is 42.0 Å². The molecular formula is C19H30N2O3. The Kier molecular flexibility index (Phi) is 6.24. The second-order valence-corrected chi connectivity index (χ2v) is 7.53. The van der Waals surface area contributed by atoms with Gasteiger partial charge in [-0.2, -0.15) is 0 Å². The first-order valence-electron chi connectivity index (χ1n) is 8.54. The minimum absolute atomic E-state index is 0.297. The smallest absolute Gasteiger partial charge is 0.410 e. The summed E-state index contributed by atoms with van der Waals surface area (Å²) < 4.78 is 10.8. The fourth-order valence-electron chi connectivity index (χ4n) is 2.82. The molecular weight excluding hydrogens is 304 g/mol. The van der Waals surface area contributed by atoms with Gasteiger partial charge in [0, 0.05) is 40.3 Å². The lowest BCUT2D eigenvalue weighted by atomic mass is 10.1. The highest BCUT2D eigenvalue weighted by Gasteiger charge is 2.22. The highest BCUT2D eigenvalue weighted by Crippen LogP contribution is 2.16. The molecule has 24 heavy (non-hydrogen) atoms. The van der Waals surface area contributed by atoms with E-state index in [1.54, 1.807) is 19.1 Å². The average molecular weight is 334 g/mol. The number of benzene rings is 1. The van der Waals surface area contributed by atoms with Gasteiger partial charge in [-0.15, -0.1) is 0 Å². The molecule has 1 heterocycles. The van der Waals surface area contributed by atoms with Crippen molar-refractivity contribution in [1.29, 1.82) is 0 Å². The van der Waals surface area contributed by atoms with E-state index in [9.17, 15) is 4.79 Å². The second kappa shape index (κ2) is 7.99. The molecule has 1 fully saturated rings. The van der Waals surface area contributed by atoms with Crippen LogP contribution in [0.25, 0.3) is 0 Å². The van der Waals surface area contributed by atoms with Crippen molar-refractivity contribution in [2.24, 2.45) is 0 Å². The maximum Gasteiger partial charge on any atom is 0.410 e. The molecule has 5 nitrogen and oxygen atoms in total. The van der Waals surface area contributed by atoms with Crippen molar-refractivity contribution in [1.82, 2.24) is 9.80 Å². The molecule has 1 aromatic rings. The van der Waals surface area contributed by atoms with Gasteiger partial charge in [0.25, 0.3) is 0 Å². The SMILES string of the molecule is COC1CCN(Cc2ccc(CN(C)C(=O)OC(C)(C)C)cc2)C1. The van der Waals surface area contributed by atoms with Crippen LogP contribution in [0.3, 0.4) is 0 Å². The number of hydrogen-bond donors (Lipinski definition) is 0. The van der Waals surface area contributed by atoms with Crippen LogP contribution in [0.1, 0.15) is 38.3 Å². The van der Waals surface area contributed by atoms with Gasteiger partial charge in [0.15, 0.2) is 0 Å². The van der Waals surface area contributed by atoms with Gasteiger partial charge in [-0.25, -0.2) is 4.79 Å². The third kappa shape index (κ3) is 5.80. The highest BCUT2D eigenvalue weighted by molar-refractivity contribution is 5.67. The quantitative estimate of drug-likeness (QED) is 0.829. The van der Waals surface area contributed by atoms with E-state index >= 15 is 0 Å². The molecule has 1 amide bonds. The number of rotatable bonds is 5. The van der Waals surface area contributed by atoms with Crippen LogP contribution in [0.4, 0.5) is 4.79 Å². The summed E-state index contributed by atoms with van der Waals surface area (Å²) in [6.45, 7) is 9.20. The Morgan fingerprint density at radius 3 is 2.42 bits per heavy atom. The van der Waals surface area contributed by atoms with Crippen LogP contribution < -0.4 is 0 Å². The van der Waals surface area contributed by atoms with Gasteiger partial charge in [0.1, 0.15) is 5.60 Å². The number of amides is 1. The standard InChI is InChI=1S/C19H30N2O3/c1-19(2,3)24-18(22)20(4)12-15-6-8-16(9-7-15)13-21-11-10-17(14-21)23-5/h6-9,17H,10-14H2,1-5H3. The molecule has 1 aliphatic heterocycles.